The molecule has 0 saturated carbocycles. The zero-order valence-corrected chi connectivity index (χ0v) is 13.2. The summed E-state index contributed by atoms with van der Waals surface area (Å²) in [4.78, 5) is 26.3. The molecule has 124 valence electrons. The smallest absolute Gasteiger partial charge is 0.325 e. The molecule has 0 radical (unpaired) electrons. The Hall–Kier alpha value is -3.03. The van der Waals surface area contributed by atoms with Crippen molar-refractivity contribution < 1.29 is 23.6 Å². The van der Waals surface area contributed by atoms with Crippen LogP contribution in [0.25, 0.3) is 0 Å². The molecular formula is C16H15N3O5. The van der Waals surface area contributed by atoms with E-state index < -0.39 is 11.6 Å². The first kappa shape index (κ1) is 14.6. The van der Waals surface area contributed by atoms with Crippen LogP contribution in [0.1, 0.15) is 23.9 Å². The topological polar surface area (TPSA) is 93.9 Å². The number of carbonyl (C=O) groups is 2. The summed E-state index contributed by atoms with van der Waals surface area (Å²) < 4.78 is 15.6. The summed E-state index contributed by atoms with van der Waals surface area (Å²) in [6, 6.07) is 6.41. The van der Waals surface area contributed by atoms with E-state index in [-0.39, 0.29) is 19.2 Å². The predicted molar refractivity (Wildman–Crippen MR) is 80.2 cm³/mol. The van der Waals surface area contributed by atoms with E-state index in [1.54, 1.807) is 38.1 Å². The summed E-state index contributed by atoms with van der Waals surface area (Å²) in [5.74, 6) is 1.44. The van der Waals surface area contributed by atoms with Gasteiger partial charge in [0.05, 0.1) is 6.54 Å². The lowest BCUT2D eigenvalue weighted by atomic mass is 9.91. The molecule has 4 rings (SSSR count). The van der Waals surface area contributed by atoms with Crippen LogP contribution in [-0.4, -0.2) is 28.8 Å². The van der Waals surface area contributed by atoms with E-state index in [4.69, 9.17) is 14.0 Å². The van der Waals surface area contributed by atoms with Gasteiger partial charge in [-0.1, -0.05) is 11.2 Å². The van der Waals surface area contributed by atoms with Crippen molar-refractivity contribution in [3.63, 3.8) is 0 Å². The van der Waals surface area contributed by atoms with Crippen molar-refractivity contribution in [2.75, 3.05) is 6.79 Å². The Morgan fingerprint density at radius 1 is 1.25 bits per heavy atom. The first-order chi connectivity index (χ1) is 11.5. The van der Waals surface area contributed by atoms with Crippen LogP contribution < -0.4 is 14.8 Å². The van der Waals surface area contributed by atoms with Gasteiger partial charge in [-0.2, -0.15) is 0 Å². The number of aromatic nitrogens is 1. The Morgan fingerprint density at radius 3 is 2.79 bits per heavy atom. The number of aryl methyl sites for hydroxylation is 1. The van der Waals surface area contributed by atoms with Gasteiger partial charge >= 0.3 is 6.03 Å². The molecule has 0 bridgehead atoms. The van der Waals surface area contributed by atoms with E-state index in [9.17, 15) is 9.59 Å². The molecule has 8 nitrogen and oxygen atoms in total. The molecular weight excluding hydrogens is 314 g/mol. The molecule has 24 heavy (non-hydrogen) atoms. The highest BCUT2D eigenvalue weighted by Gasteiger charge is 2.49. The van der Waals surface area contributed by atoms with Gasteiger partial charge in [0.15, 0.2) is 11.5 Å². The number of nitrogens with zero attached hydrogens (tertiary/aromatic N) is 2. The number of hydrogen-bond acceptors (Lipinski definition) is 6. The lowest BCUT2D eigenvalue weighted by molar-refractivity contribution is -0.131. The minimum Gasteiger partial charge on any atom is -0.454 e. The minimum absolute atomic E-state index is 0.0577. The first-order valence-electron chi connectivity index (χ1n) is 7.44. The summed E-state index contributed by atoms with van der Waals surface area (Å²) in [6.45, 7) is 3.62. The number of amides is 3. The highest BCUT2D eigenvalue weighted by atomic mass is 16.7. The molecule has 1 aromatic heterocycles. The van der Waals surface area contributed by atoms with Gasteiger partial charge in [0.2, 0.25) is 6.79 Å². The van der Waals surface area contributed by atoms with Crippen molar-refractivity contribution in [1.82, 2.24) is 15.4 Å². The maximum Gasteiger partial charge on any atom is 0.325 e. The number of rotatable bonds is 3. The van der Waals surface area contributed by atoms with E-state index in [1.165, 1.54) is 0 Å². The van der Waals surface area contributed by atoms with Crippen LogP contribution >= 0.6 is 0 Å². The molecule has 2 aliphatic heterocycles. The average molecular weight is 329 g/mol. The predicted octanol–water partition coefficient (Wildman–Crippen LogP) is 1.68. The van der Waals surface area contributed by atoms with Crippen LogP contribution in [0.2, 0.25) is 0 Å². The molecule has 0 spiro atoms. The van der Waals surface area contributed by atoms with Gasteiger partial charge in [-0.05, 0) is 31.5 Å². The highest BCUT2D eigenvalue weighted by Crippen LogP contribution is 2.38. The fraction of sp³-hybridized carbons (Fsp3) is 0.312. The van der Waals surface area contributed by atoms with Crippen molar-refractivity contribution in [1.29, 1.82) is 0 Å². The van der Waals surface area contributed by atoms with Crippen molar-refractivity contribution in [2.45, 2.75) is 25.9 Å². The minimum atomic E-state index is -1.17. The van der Waals surface area contributed by atoms with Crippen molar-refractivity contribution in [3.05, 3.63) is 41.3 Å². The molecule has 8 heteroatoms. The number of fused-ring (bicyclic) bond motifs is 1. The molecule has 1 saturated heterocycles. The van der Waals surface area contributed by atoms with Crippen LogP contribution in [0, 0.1) is 6.92 Å². The highest BCUT2D eigenvalue weighted by molar-refractivity contribution is 6.07. The Balaban J connectivity index is 1.64. The molecule has 1 N–H and O–H groups in total. The molecule has 3 amide bonds. The monoisotopic (exact) mass is 329 g/mol. The second-order valence-corrected chi connectivity index (χ2v) is 5.94. The normalized spacial score (nSPS) is 22.2. The van der Waals surface area contributed by atoms with Gasteiger partial charge in [0.25, 0.3) is 5.91 Å². The van der Waals surface area contributed by atoms with Gasteiger partial charge < -0.3 is 19.3 Å². The lowest BCUT2D eigenvalue weighted by Gasteiger charge is -2.22. The standard InChI is InChI=1S/C16H15N3O5/c1-9-5-11(18-24-9)7-19-14(20)16(2,17-15(19)21)10-3-4-12-13(6-10)23-8-22-12/h3-6H,7-8H2,1-2H3,(H,17,21). The van der Waals surface area contributed by atoms with E-state index in [0.29, 0.717) is 28.5 Å². The third-order valence-electron chi connectivity index (χ3n) is 4.22. The first-order valence-corrected chi connectivity index (χ1v) is 7.44. The number of imide groups is 1. The summed E-state index contributed by atoms with van der Waals surface area (Å²) in [6.07, 6.45) is 0. The molecule has 2 aliphatic rings. The Morgan fingerprint density at radius 2 is 2.04 bits per heavy atom. The van der Waals surface area contributed by atoms with Gasteiger partial charge in [-0.3, -0.25) is 9.69 Å². The van der Waals surface area contributed by atoms with Crippen molar-refractivity contribution in [3.8, 4) is 11.5 Å². The Bertz CT molecular complexity index is 846. The molecule has 1 aromatic carbocycles. The fourth-order valence-electron chi connectivity index (χ4n) is 2.90. The second kappa shape index (κ2) is 4.98. The number of hydrogen-bond donors (Lipinski definition) is 1. The van der Waals surface area contributed by atoms with Gasteiger partial charge in [-0.15, -0.1) is 0 Å². The largest absolute Gasteiger partial charge is 0.454 e. The van der Waals surface area contributed by atoms with Crippen LogP contribution in [0.15, 0.2) is 28.8 Å². The maximum absolute atomic E-state index is 12.9. The summed E-state index contributed by atoms with van der Waals surface area (Å²) in [7, 11) is 0. The lowest BCUT2D eigenvalue weighted by Crippen LogP contribution is -2.40. The van der Waals surface area contributed by atoms with E-state index >= 15 is 0 Å². The van der Waals surface area contributed by atoms with Crippen molar-refractivity contribution in [2.24, 2.45) is 0 Å². The third-order valence-corrected chi connectivity index (χ3v) is 4.22. The zero-order chi connectivity index (χ0) is 16.9. The molecule has 1 fully saturated rings. The van der Waals surface area contributed by atoms with E-state index in [2.05, 4.69) is 10.5 Å². The van der Waals surface area contributed by atoms with Crippen LogP contribution in [-0.2, 0) is 16.9 Å². The molecule has 0 aliphatic carbocycles. The van der Waals surface area contributed by atoms with E-state index in [0.717, 1.165) is 4.90 Å². The van der Waals surface area contributed by atoms with E-state index in [1.807, 2.05) is 0 Å². The molecule has 1 atom stereocenters. The third kappa shape index (κ3) is 2.10. The quantitative estimate of drug-likeness (QED) is 0.861. The number of ether oxygens (including phenoxy) is 2. The SMILES string of the molecule is Cc1cc(CN2C(=O)NC(C)(c3ccc4c(c3)OCO4)C2=O)no1. The van der Waals surface area contributed by atoms with Crippen molar-refractivity contribution >= 4 is 11.9 Å². The Kier molecular flexibility index (Phi) is 3.02. The average Bonchev–Trinajstić information content (AvgIpc) is 3.23. The van der Waals surface area contributed by atoms with Gasteiger partial charge in [-0.25, -0.2) is 4.79 Å². The molecule has 1 unspecified atom stereocenters. The van der Waals surface area contributed by atoms with Gasteiger partial charge in [0, 0.05) is 6.07 Å². The number of carbonyl (C=O) groups excluding carboxylic acids is 2. The van der Waals surface area contributed by atoms with Crippen LogP contribution in [0.4, 0.5) is 4.79 Å². The summed E-state index contributed by atoms with van der Waals surface area (Å²) in [5.41, 5.74) is -0.0218. The van der Waals surface area contributed by atoms with Crippen LogP contribution in [0.5, 0.6) is 11.5 Å². The number of nitrogens with one attached hydrogen (secondary N) is 1. The van der Waals surface area contributed by atoms with Gasteiger partial charge in [0.1, 0.15) is 17.0 Å². The number of urea groups is 1. The zero-order valence-electron chi connectivity index (χ0n) is 13.2. The Labute approximate surface area is 137 Å². The summed E-state index contributed by atoms with van der Waals surface area (Å²) in [5, 5.41) is 6.58. The summed E-state index contributed by atoms with van der Waals surface area (Å²) >= 11 is 0. The fourth-order valence-corrected chi connectivity index (χ4v) is 2.90. The maximum atomic E-state index is 12.9. The molecule has 3 heterocycles. The van der Waals surface area contributed by atoms with Crippen LogP contribution in [0.3, 0.4) is 0 Å². The number of benzene rings is 1. The second-order valence-electron chi connectivity index (χ2n) is 5.94. The molecule has 2 aromatic rings.